The van der Waals surface area contributed by atoms with Crippen molar-refractivity contribution in [1.29, 1.82) is 0 Å². The Balaban J connectivity index is 2.10. The molecule has 0 aliphatic rings. The summed E-state index contributed by atoms with van der Waals surface area (Å²) >= 11 is 0. The van der Waals surface area contributed by atoms with Crippen LogP contribution < -0.4 is 10.4 Å². The maximum Gasteiger partial charge on any atom is 0.346 e. The van der Waals surface area contributed by atoms with E-state index in [1.54, 1.807) is 18.2 Å². The van der Waals surface area contributed by atoms with E-state index in [2.05, 4.69) is 6.92 Å². The molecule has 0 N–H and O–H groups in total. The summed E-state index contributed by atoms with van der Waals surface area (Å²) in [5, 5.41) is 0.529. The van der Waals surface area contributed by atoms with Crippen LogP contribution in [0.25, 0.3) is 10.8 Å². The number of fused-ring (bicyclic) bond motifs is 1. The van der Waals surface area contributed by atoms with Crippen LogP contribution in [0.4, 0.5) is 4.39 Å². The van der Waals surface area contributed by atoms with Gasteiger partial charge in [-0.1, -0.05) is 45.6 Å². The zero-order chi connectivity index (χ0) is 15.9. The summed E-state index contributed by atoms with van der Waals surface area (Å²) in [7, 11) is 0. The first-order valence-corrected chi connectivity index (χ1v) is 8.05. The molecule has 0 radical (unpaired) electrons. The van der Waals surface area contributed by atoms with Crippen molar-refractivity contribution in [2.24, 2.45) is 0 Å². The Labute approximate surface area is 130 Å². The fourth-order valence-corrected chi connectivity index (χ4v) is 2.45. The number of unbranched alkanes of at least 4 members (excludes halogenated alkanes) is 4. The SMILES string of the molecule is CCCCCCCOc1ccc2cc(CC)oc(=O)c2c1F. The summed E-state index contributed by atoms with van der Waals surface area (Å²) < 4.78 is 25.0. The number of aryl methyl sites for hydroxylation is 1. The van der Waals surface area contributed by atoms with E-state index < -0.39 is 11.4 Å². The van der Waals surface area contributed by atoms with E-state index in [9.17, 15) is 9.18 Å². The summed E-state index contributed by atoms with van der Waals surface area (Å²) in [4.78, 5) is 11.9. The van der Waals surface area contributed by atoms with Gasteiger partial charge in [-0.25, -0.2) is 9.18 Å². The van der Waals surface area contributed by atoms with Crippen molar-refractivity contribution in [2.75, 3.05) is 6.61 Å². The van der Waals surface area contributed by atoms with Gasteiger partial charge in [0, 0.05) is 6.42 Å². The van der Waals surface area contributed by atoms with Crippen LogP contribution in [0.3, 0.4) is 0 Å². The third-order valence-electron chi connectivity index (χ3n) is 3.74. The zero-order valence-electron chi connectivity index (χ0n) is 13.3. The lowest BCUT2D eigenvalue weighted by Crippen LogP contribution is -2.06. The van der Waals surface area contributed by atoms with E-state index in [0.717, 1.165) is 12.8 Å². The molecule has 1 aromatic heterocycles. The first-order chi connectivity index (χ1) is 10.7. The molecule has 0 amide bonds. The first-order valence-electron chi connectivity index (χ1n) is 8.05. The van der Waals surface area contributed by atoms with E-state index in [-0.39, 0.29) is 11.1 Å². The van der Waals surface area contributed by atoms with Crippen molar-refractivity contribution in [3.63, 3.8) is 0 Å². The molecule has 0 aliphatic carbocycles. The maximum atomic E-state index is 14.4. The Morgan fingerprint density at radius 3 is 2.64 bits per heavy atom. The Bertz CT molecular complexity index is 676. The molecule has 0 fully saturated rings. The Kier molecular flexibility index (Phi) is 5.99. The molecule has 0 unspecified atom stereocenters. The molecule has 0 spiro atoms. The number of rotatable bonds is 8. The van der Waals surface area contributed by atoms with Gasteiger partial charge in [-0.15, -0.1) is 0 Å². The summed E-state index contributed by atoms with van der Waals surface area (Å²) in [6.45, 7) is 4.51. The number of benzene rings is 1. The van der Waals surface area contributed by atoms with Gasteiger partial charge in [0.25, 0.3) is 0 Å². The van der Waals surface area contributed by atoms with Gasteiger partial charge in [0.2, 0.25) is 0 Å². The molecule has 22 heavy (non-hydrogen) atoms. The molecule has 0 bridgehead atoms. The molecule has 0 atom stereocenters. The quantitative estimate of drug-likeness (QED) is 0.655. The van der Waals surface area contributed by atoms with Crippen LogP contribution in [0.1, 0.15) is 51.7 Å². The van der Waals surface area contributed by atoms with E-state index >= 15 is 0 Å². The van der Waals surface area contributed by atoms with E-state index in [1.807, 2.05) is 6.92 Å². The summed E-state index contributed by atoms with van der Waals surface area (Å²) in [6.07, 6.45) is 6.14. The van der Waals surface area contributed by atoms with Gasteiger partial charge in [0.05, 0.1) is 6.61 Å². The highest BCUT2D eigenvalue weighted by Gasteiger charge is 2.14. The summed E-state index contributed by atoms with van der Waals surface area (Å²) in [6, 6.07) is 5.00. The largest absolute Gasteiger partial charge is 0.490 e. The highest BCUT2D eigenvalue weighted by Crippen LogP contribution is 2.25. The van der Waals surface area contributed by atoms with Gasteiger partial charge < -0.3 is 9.15 Å². The third-order valence-corrected chi connectivity index (χ3v) is 3.74. The molecule has 1 aromatic carbocycles. The van der Waals surface area contributed by atoms with Gasteiger partial charge in [0.1, 0.15) is 11.1 Å². The van der Waals surface area contributed by atoms with Crippen LogP contribution in [0.5, 0.6) is 5.75 Å². The smallest absolute Gasteiger partial charge is 0.346 e. The molecule has 0 saturated carbocycles. The molecule has 1 heterocycles. The van der Waals surface area contributed by atoms with Crippen molar-refractivity contribution in [3.05, 3.63) is 40.2 Å². The van der Waals surface area contributed by atoms with Crippen molar-refractivity contribution in [3.8, 4) is 5.75 Å². The Morgan fingerprint density at radius 1 is 1.14 bits per heavy atom. The molecule has 120 valence electrons. The number of halogens is 1. The van der Waals surface area contributed by atoms with E-state index in [0.29, 0.717) is 24.2 Å². The second kappa shape index (κ2) is 7.97. The number of ether oxygens (including phenoxy) is 1. The molecule has 2 aromatic rings. The number of hydrogen-bond acceptors (Lipinski definition) is 3. The molecule has 3 nitrogen and oxygen atoms in total. The van der Waals surface area contributed by atoms with Crippen LogP contribution in [-0.2, 0) is 6.42 Å². The second-order valence-electron chi connectivity index (χ2n) is 5.46. The van der Waals surface area contributed by atoms with Gasteiger partial charge in [-0.05, 0) is 23.9 Å². The minimum Gasteiger partial charge on any atom is -0.490 e. The fourth-order valence-electron chi connectivity index (χ4n) is 2.45. The standard InChI is InChI=1S/C18H23FO3/c1-3-5-6-7-8-11-21-15-10-9-13-12-14(4-2)22-18(20)16(13)17(15)19/h9-10,12H,3-8,11H2,1-2H3. The summed E-state index contributed by atoms with van der Waals surface area (Å²) in [5.41, 5.74) is -0.639. The summed E-state index contributed by atoms with van der Waals surface area (Å²) in [5.74, 6) is 0.0588. The van der Waals surface area contributed by atoms with Crippen LogP contribution in [0.15, 0.2) is 27.4 Å². The molecule has 0 aliphatic heterocycles. The highest BCUT2D eigenvalue weighted by atomic mass is 19.1. The van der Waals surface area contributed by atoms with Crippen molar-refractivity contribution in [2.45, 2.75) is 52.4 Å². The van der Waals surface area contributed by atoms with Crippen LogP contribution in [0, 0.1) is 5.82 Å². The lowest BCUT2D eigenvalue weighted by Gasteiger charge is -2.09. The normalized spacial score (nSPS) is 11.0. The lowest BCUT2D eigenvalue weighted by molar-refractivity contribution is 0.291. The highest BCUT2D eigenvalue weighted by molar-refractivity contribution is 5.83. The van der Waals surface area contributed by atoms with Gasteiger partial charge in [-0.2, -0.15) is 0 Å². The van der Waals surface area contributed by atoms with Crippen LogP contribution in [-0.4, -0.2) is 6.61 Å². The number of hydrogen-bond donors (Lipinski definition) is 0. The average Bonchev–Trinajstić information content (AvgIpc) is 2.52. The maximum absolute atomic E-state index is 14.4. The van der Waals surface area contributed by atoms with Gasteiger partial charge in [-0.3, -0.25) is 0 Å². The molecular formula is C18H23FO3. The first kappa shape index (κ1) is 16.5. The van der Waals surface area contributed by atoms with Gasteiger partial charge in [0.15, 0.2) is 11.6 Å². The monoisotopic (exact) mass is 306 g/mol. The minimum atomic E-state index is -0.639. The molecule has 4 heteroatoms. The predicted molar refractivity (Wildman–Crippen MR) is 86.1 cm³/mol. The van der Waals surface area contributed by atoms with Gasteiger partial charge >= 0.3 is 5.63 Å². The zero-order valence-corrected chi connectivity index (χ0v) is 13.3. The molecular weight excluding hydrogens is 283 g/mol. The Hall–Kier alpha value is -1.84. The van der Waals surface area contributed by atoms with Crippen molar-refractivity contribution < 1.29 is 13.5 Å². The topological polar surface area (TPSA) is 39.4 Å². The average molecular weight is 306 g/mol. The van der Waals surface area contributed by atoms with Crippen LogP contribution in [0.2, 0.25) is 0 Å². The second-order valence-corrected chi connectivity index (χ2v) is 5.46. The third kappa shape index (κ3) is 3.87. The van der Waals surface area contributed by atoms with Crippen LogP contribution >= 0.6 is 0 Å². The van der Waals surface area contributed by atoms with E-state index in [4.69, 9.17) is 9.15 Å². The Morgan fingerprint density at radius 2 is 1.91 bits per heavy atom. The predicted octanol–water partition coefficient (Wildman–Crippen LogP) is 4.84. The van der Waals surface area contributed by atoms with E-state index in [1.165, 1.54) is 19.3 Å². The van der Waals surface area contributed by atoms with Crippen molar-refractivity contribution in [1.82, 2.24) is 0 Å². The fraction of sp³-hybridized carbons (Fsp3) is 0.500. The lowest BCUT2D eigenvalue weighted by atomic mass is 10.1. The van der Waals surface area contributed by atoms with Crippen molar-refractivity contribution >= 4 is 10.8 Å². The molecule has 0 saturated heterocycles. The minimum absolute atomic E-state index is 0.0271. The molecule has 2 rings (SSSR count).